The van der Waals surface area contributed by atoms with E-state index in [0.717, 1.165) is 6.42 Å². The number of nitrogens with one attached hydrogen (secondary N) is 2. The van der Waals surface area contributed by atoms with Crippen molar-refractivity contribution in [2.45, 2.75) is 26.7 Å². The predicted molar refractivity (Wildman–Crippen MR) is 105 cm³/mol. The Bertz CT molecular complexity index is 857. The summed E-state index contributed by atoms with van der Waals surface area (Å²) in [5, 5.41) is 5.33. The minimum atomic E-state index is -0.633. The maximum atomic E-state index is 12.2. The lowest BCUT2D eigenvalue weighted by molar-refractivity contribution is -0.116. The van der Waals surface area contributed by atoms with Crippen LogP contribution in [0.3, 0.4) is 0 Å². The van der Waals surface area contributed by atoms with Crippen LogP contribution in [0.5, 0.6) is 0 Å². The fourth-order valence-corrected chi connectivity index (χ4v) is 2.38. The second kappa shape index (κ2) is 10.0. The highest BCUT2D eigenvalue weighted by Gasteiger charge is 2.12. The maximum absolute atomic E-state index is 12.2. The molecule has 0 bridgehead atoms. The van der Waals surface area contributed by atoms with Gasteiger partial charge in [0.25, 0.3) is 0 Å². The molecule has 0 saturated carbocycles. The van der Waals surface area contributed by atoms with Crippen molar-refractivity contribution >= 4 is 34.9 Å². The number of ketones is 1. The van der Waals surface area contributed by atoms with E-state index in [9.17, 15) is 19.2 Å². The zero-order chi connectivity index (χ0) is 20.5. The molecule has 0 aromatic heterocycles. The summed E-state index contributed by atoms with van der Waals surface area (Å²) in [6.07, 6.45) is 1.19. The summed E-state index contributed by atoms with van der Waals surface area (Å²) < 4.78 is 5.05. The zero-order valence-corrected chi connectivity index (χ0v) is 15.8. The Hall–Kier alpha value is -3.48. The van der Waals surface area contributed by atoms with Crippen LogP contribution in [0.1, 0.15) is 47.4 Å². The van der Waals surface area contributed by atoms with Gasteiger partial charge in [-0.05, 0) is 55.0 Å². The van der Waals surface area contributed by atoms with Crippen molar-refractivity contribution < 1.29 is 23.9 Å². The Morgan fingerprint density at radius 1 is 0.821 bits per heavy atom. The first-order valence-electron chi connectivity index (χ1n) is 8.87. The largest absolute Gasteiger partial charge is 0.454 e. The number of amides is 2. The van der Waals surface area contributed by atoms with E-state index >= 15 is 0 Å². The number of benzene rings is 2. The van der Waals surface area contributed by atoms with Gasteiger partial charge in [0, 0.05) is 30.3 Å². The summed E-state index contributed by atoms with van der Waals surface area (Å²) in [6, 6.07) is 12.6. The molecule has 0 heterocycles. The summed E-state index contributed by atoms with van der Waals surface area (Å²) in [5.74, 6) is -1.28. The molecule has 2 amide bonds. The summed E-state index contributed by atoms with van der Waals surface area (Å²) >= 11 is 0. The zero-order valence-electron chi connectivity index (χ0n) is 15.8. The third-order valence-corrected chi connectivity index (χ3v) is 3.74. The van der Waals surface area contributed by atoms with Crippen LogP contribution < -0.4 is 10.6 Å². The highest BCUT2D eigenvalue weighted by Crippen LogP contribution is 2.13. The molecule has 0 aliphatic carbocycles. The number of hydrogen-bond donors (Lipinski definition) is 2. The van der Waals surface area contributed by atoms with Crippen molar-refractivity contribution in [2.75, 3.05) is 17.2 Å². The quantitative estimate of drug-likeness (QED) is 0.538. The van der Waals surface area contributed by atoms with E-state index in [-0.39, 0.29) is 23.2 Å². The average molecular weight is 382 g/mol. The molecule has 146 valence electrons. The van der Waals surface area contributed by atoms with Crippen LogP contribution in [0.4, 0.5) is 11.4 Å². The topological polar surface area (TPSA) is 102 Å². The SMILES string of the molecule is CCCC(=O)Nc1ccc(C(=O)COC(=O)c2ccc(NC(C)=O)cc2)cc1. The first kappa shape index (κ1) is 20.8. The highest BCUT2D eigenvalue weighted by atomic mass is 16.5. The van der Waals surface area contributed by atoms with E-state index in [1.807, 2.05) is 6.92 Å². The molecule has 7 heteroatoms. The summed E-state index contributed by atoms with van der Waals surface area (Å²) in [4.78, 5) is 46.8. The smallest absolute Gasteiger partial charge is 0.338 e. The Morgan fingerprint density at radius 3 is 1.89 bits per heavy atom. The van der Waals surface area contributed by atoms with Gasteiger partial charge < -0.3 is 15.4 Å². The second-order valence-corrected chi connectivity index (χ2v) is 6.13. The number of esters is 1. The lowest BCUT2D eigenvalue weighted by atomic mass is 10.1. The molecule has 2 N–H and O–H groups in total. The number of carbonyl (C=O) groups excluding carboxylic acids is 4. The Labute approximate surface area is 163 Å². The Balaban J connectivity index is 1.88. The van der Waals surface area contributed by atoms with E-state index in [1.165, 1.54) is 19.1 Å². The van der Waals surface area contributed by atoms with Crippen molar-refractivity contribution in [1.82, 2.24) is 0 Å². The number of carbonyl (C=O) groups is 4. The first-order chi connectivity index (χ1) is 13.4. The molecular formula is C21H22N2O5. The first-order valence-corrected chi connectivity index (χ1v) is 8.87. The van der Waals surface area contributed by atoms with Crippen molar-refractivity contribution in [2.24, 2.45) is 0 Å². The lowest BCUT2D eigenvalue weighted by Gasteiger charge is -2.07. The van der Waals surface area contributed by atoms with Crippen LogP contribution in [-0.4, -0.2) is 30.2 Å². The molecule has 0 unspecified atom stereocenters. The van der Waals surface area contributed by atoms with Gasteiger partial charge in [0.15, 0.2) is 12.4 Å². The summed E-state index contributed by atoms with van der Waals surface area (Å²) in [6.45, 7) is 2.91. The monoisotopic (exact) mass is 382 g/mol. The molecule has 2 aromatic rings. The minimum Gasteiger partial charge on any atom is -0.454 e. The van der Waals surface area contributed by atoms with E-state index in [0.29, 0.717) is 23.4 Å². The fourth-order valence-electron chi connectivity index (χ4n) is 2.38. The van der Waals surface area contributed by atoms with Gasteiger partial charge in [0.1, 0.15) is 0 Å². The Morgan fingerprint density at radius 2 is 1.36 bits per heavy atom. The van der Waals surface area contributed by atoms with Crippen molar-refractivity contribution in [3.05, 3.63) is 59.7 Å². The Kier molecular flexibility index (Phi) is 7.45. The average Bonchev–Trinajstić information content (AvgIpc) is 2.66. The van der Waals surface area contributed by atoms with Gasteiger partial charge in [-0.1, -0.05) is 6.92 Å². The van der Waals surface area contributed by atoms with E-state index < -0.39 is 12.6 Å². The van der Waals surface area contributed by atoms with E-state index in [1.54, 1.807) is 36.4 Å². The molecule has 0 fully saturated rings. The number of ether oxygens (including phenoxy) is 1. The van der Waals surface area contributed by atoms with Crippen molar-refractivity contribution in [1.29, 1.82) is 0 Å². The molecule has 0 aliphatic heterocycles. The third kappa shape index (κ3) is 6.35. The van der Waals surface area contributed by atoms with Gasteiger partial charge in [-0.3, -0.25) is 14.4 Å². The molecule has 0 atom stereocenters. The van der Waals surface area contributed by atoms with Crippen LogP contribution in [0.15, 0.2) is 48.5 Å². The van der Waals surface area contributed by atoms with Crippen molar-refractivity contribution in [3.8, 4) is 0 Å². The predicted octanol–water partition coefficient (Wildman–Crippen LogP) is 3.42. The molecule has 0 saturated heterocycles. The number of hydrogen-bond acceptors (Lipinski definition) is 5. The van der Waals surface area contributed by atoms with Crippen molar-refractivity contribution in [3.63, 3.8) is 0 Å². The molecule has 7 nitrogen and oxygen atoms in total. The second-order valence-electron chi connectivity index (χ2n) is 6.13. The van der Waals surface area contributed by atoms with E-state index in [2.05, 4.69) is 10.6 Å². The molecule has 0 radical (unpaired) electrons. The molecule has 2 aromatic carbocycles. The summed E-state index contributed by atoms with van der Waals surface area (Å²) in [5.41, 5.74) is 1.82. The highest BCUT2D eigenvalue weighted by molar-refractivity contribution is 6.00. The van der Waals surface area contributed by atoms with Gasteiger partial charge in [0.2, 0.25) is 11.8 Å². The third-order valence-electron chi connectivity index (χ3n) is 3.74. The normalized spacial score (nSPS) is 10.1. The maximum Gasteiger partial charge on any atom is 0.338 e. The van der Waals surface area contributed by atoms with Crippen LogP contribution in [0.25, 0.3) is 0 Å². The van der Waals surface area contributed by atoms with Crippen LogP contribution >= 0.6 is 0 Å². The molecule has 0 spiro atoms. The minimum absolute atomic E-state index is 0.0833. The molecule has 0 aliphatic rings. The number of rotatable bonds is 8. The number of anilines is 2. The van der Waals surface area contributed by atoms with Gasteiger partial charge >= 0.3 is 5.97 Å². The van der Waals surface area contributed by atoms with Gasteiger partial charge in [-0.2, -0.15) is 0 Å². The molecular weight excluding hydrogens is 360 g/mol. The van der Waals surface area contributed by atoms with Crippen LogP contribution in [0.2, 0.25) is 0 Å². The van der Waals surface area contributed by atoms with Crippen LogP contribution in [-0.2, 0) is 14.3 Å². The van der Waals surface area contributed by atoms with Crippen LogP contribution in [0, 0.1) is 0 Å². The fraction of sp³-hybridized carbons (Fsp3) is 0.238. The molecule has 28 heavy (non-hydrogen) atoms. The number of Topliss-reactive ketones (excluding diaryl/α,β-unsaturated/α-hetero) is 1. The van der Waals surface area contributed by atoms with Gasteiger partial charge in [0.05, 0.1) is 5.56 Å². The van der Waals surface area contributed by atoms with Gasteiger partial charge in [-0.25, -0.2) is 4.79 Å². The standard InChI is InChI=1S/C21H22N2O5/c1-3-4-20(26)23-18-9-5-15(6-10-18)19(25)13-28-21(27)16-7-11-17(12-8-16)22-14(2)24/h5-12H,3-4,13H2,1-2H3,(H,22,24)(H,23,26). The van der Waals surface area contributed by atoms with E-state index in [4.69, 9.17) is 4.74 Å². The van der Waals surface area contributed by atoms with Gasteiger partial charge in [-0.15, -0.1) is 0 Å². The lowest BCUT2D eigenvalue weighted by Crippen LogP contribution is -2.15. The molecule has 2 rings (SSSR count). The summed E-state index contributed by atoms with van der Waals surface area (Å²) in [7, 11) is 0.